The molecule has 12 aliphatic rings. The van der Waals surface area contributed by atoms with Gasteiger partial charge in [0.05, 0.1) is 72.6 Å². The van der Waals surface area contributed by atoms with Crippen molar-refractivity contribution in [3.8, 4) is 0 Å². The van der Waals surface area contributed by atoms with Gasteiger partial charge in [-0.2, -0.15) is 0 Å². The van der Waals surface area contributed by atoms with Crippen molar-refractivity contribution in [1.82, 2.24) is 29.0 Å². The Hall–Kier alpha value is -7.80. The van der Waals surface area contributed by atoms with Gasteiger partial charge >= 0.3 is 18.2 Å². The van der Waals surface area contributed by atoms with Crippen LogP contribution >= 0.6 is 0 Å². The summed E-state index contributed by atoms with van der Waals surface area (Å²) < 4.78 is 73.7. The van der Waals surface area contributed by atoms with Gasteiger partial charge in [0.2, 0.25) is 43.7 Å². The molecule has 2 aromatic carbocycles. The third-order valence-corrected chi connectivity index (χ3v) is 28.0. The Kier molecular flexibility index (Phi) is 24.3. The number of benzene rings is 2. The Morgan fingerprint density at radius 1 is 0.505 bits per heavy atom. The summed E-state index contributed by atoms with van der Waals surface area (Å²) in [5.74, 6) is -4.99. The van der Waals surface area contributed by atoms with Crippen LogP contribution in [0.2, 0.25) is 0 Å². The van der Waals surface area contributed by atoms with E-state index in [2.05, 4.69) is 39.8 Å². The summed E-state index contributed by atoms with van der Waals surface area (Å²) in [5.41, 5.74) is 3.87. The summed E-state index contributed by atoms with van der Waals surface area (Å²) >= 11 is 0. The fourth-order valence-corrected chi connectivity index (χ4v) is 20.2. The molecule has 2 N–H and O–H groups in total. The molecule has 6 fully saturated rings. The number of amides is 6. The van der Waals surface area contributed by atoms with E-state index >= 15 is 0 Å². The topological polar surface area (TPSA) is 304 Å². The summed E-state index contributed by atoms with van der Waals surface area (Å²) in [5, 5.41) is -1.19. The van der Waals surface area contributed by atoms with Crippen molar-refractivity contribution in [2.24, 2.45) is 40.4 Å². The number of carbonyl (C=O) groups excluding carboxylic acids is 10. The summed E-state index contributed by atoms with van der Waals surface area (Å²) in [6.07, 6.45) is 31.0. The maximum absolute atomic E-state index is 14.5. The number of hydrogen-bond donors (Lipinski definition) is 2. The van der Waals surface area contributed by atoms with Crippen LogP contribution in [0, 0.1) is 40.4 Å². The second-order valence-electron chi connectivity index (χ2n) is 32.7. The molecule has 107 heavy (non-hydrogen) atoms. The van der Waals surface area contributed by atoms with Gasteiger partial charge in [-0.25, -0.2) is 26.4 Å². The number of fused-ring (bicyclic) bond motifs is 8. The Labute approximate surface area is 629 Å². The van der Waals surface area contributed by atoms with E-state index in [0.717, 1.165) is 130 Å². The molecule has 0 radical (unpaired) electrons. The zero-order valence-electron chi connectivity index (χ0n) is 61.8. The largest absolute Gasteiger partial charge is 0.465 e. The number of rotatable bonds is 6. The number of ether oxygens (including phenoxy) is 3. The fraction of sp³-hybridized carbons (Fsp3) is 0.634. The van der Waals surface area contributed by atoms with Crippen molar-refractivity contribution < 1.29 is 79.0 Å². The minimum Gasteiger partial charge on any atom is -0.465 e. The molecule has 14 rings (SSSR count). The van der Waals surface area contributed by atoms with Crippen LogP contribution in [0.4, 0.5) is 9.59 Å². The quantitative estimate of drug-likeness (QED) is 0.154. The van der Waals surface area contributed by atoms with Gasteiger partial charge in [0.15, 0.2) is 11.6 Å². The molecule has 25 heteroatoms. The minimum atomic E-state index is -3.85. The number of sulfonamides is 2. The lowest BCUT2D eigenvalue weighted by molar-refractivity contribution is -0.151. The molecule has 11 atom stereocenters. The van der Waals surface area contributed by atoms with Crippen molar-refractivity contribution in [1.29, 1.82) is 0 Å². The van der Waals surface area contributed by atoms with E-state index in [1.807, 2.05) is 61.6 Å². The SMILES string of the molecule is C[C@H]1CCC/C=C/c2cccc3c2CN(C3)C(=O)O[C@@H]2C[C@H]3C(=O)C[C@]4(C(=O)NS(=O)(=O)C5CC5)C[C@H]4/C=C\CCCCC[C@H](CC(=O)OC1)C(=O)N3C2.O=C1CCCCCC/C=C/c2cccc3c2CN(C3)C(=O)O[C@@H]2C[C@H]3C(=O)C[C@]4(C(=O)NS(=O)(=O)C5CC5)C[C@H]4/C=C\CCCCC[C@H](C1)C(=O)N3C2. The number of allylic oxidation sites excluding steroid dienone is 6. The highest BCUT2D eigenvalue weighted by Gasteiger charge is 2.63. The molecule has 6 amide bonds. The first-order chi connectivity index (χ1) is 51.5. The number of hydrogen-bond acceptors (Lipinski definition) is 17. The molecular weight excluding hydrogens is 1410 g/mol. The van der Waals surface area contributed by atoms with Crippen molar-refractivity contribution in [3.05, 3.63) is 106 Å². The smallest absolute Gasteiger partial charge is 0.410 e. The fourth-order valence-electron chi connectivity index (χ4n) is 17.4. The maximum atomic E-state index is 14.5. The normalized spacial score (nSPS) is 32.2. The highest BCUT2D eigenvalue weighted by Crippen LogP contribution is 2.59. The average Bonchev–Trinajstić information content (AvgIpc) is 1.58. The summed E-state index contributed by atoms with van der Waals surface area (Å²) in [6, 6.07) is 10.1. The Morgan fingerprint density at radius 2 is 0.953 bits per heavy atom. The van der Waals surface area contributed by atoms with Gasteiger partial charge in [-0.15, -0.1) is 0 Å². The number of nitrogens with one attached hydrogen (secondary N) is 2. The number of cyclic esters (lactones) is 1. The molecule has 8 aliphatic heterocycles. The molecule has 0 spiro atoms. The second kappa shape index (κ2) is 33.6. The Balaban J connectivity index is 0.000000189. The molecule has 4 aliphatic carbocycles. The number of nitrogens with zero attached hydrogens (tertiary/aromatic N) is 4. The number of Topliss-reactive ketones (excluding diaryl/α,β-unsaturated/α-hetero) is 3. The van der Waals surface area contributed by atoms with Crippen LogP contribution in [0.25, 0.3) is 12.2 Å². The number of esters is 1. The first kappa shape index (κ1) is 77.4. The third-order valence-electron chi connectivity index (χ3n) is 24.4. The van der Waals surface area contributed by atoms with Gasteiger partial charge in [-0.3, -0.25) is 57.6 Å². The van der Waals surface area contributed by atoms with Crippen molar-refractivity contribution in [3.63, 3.8) is 0 Å². The van der Waals surface area contributed by atoms with E-state index in [-0.39, 0.29) is 105 Å². The van der Waals surface area contributed by atoms with Crippen LogP contribution in [0.5, 0.6) is 0 Å². The van der Waals surface area contributed by atoms with Crippen LogP contribution in [0.3, 0.4) is 0 Å². The Bertz CT molecular complexity index is 4120. The molecule has 8 heterocycles. The van der Waals surface area contributed by atoms with Gasteiger partial charge in [-0.05, 0) is 167 Å². The summed E-state index contributed by atoms with van der Waals surface area (Å²) in [7, 11) is -7.68. The summed E-state index contributed by atoms with van der Waals surface area (Å²) in [4.78, 5) is 146. The average molecular weight is 1510 g/mol. The minimum absolute atomic E-state index is 0.0129. The van der Waals surface area contributed by atoms with Crippen LogP contribution in [-0.4, -0.2) is 150 Å². The van der Waals surface area contributed by atoms with Gasteiger partial charge in [0.1, 0.15) is 18.0 Å². The molecule has 23 nitrogen and oxygen atoms in total. The lowest BCUT2D eigenvalue weighted by Gasteiger charge is -2.29. The number of carbonyl (C=O) groups is 10. The van der Waals surface area contributed by atoms with Gasteiger partial charge in [0, 0.05) is 63.5 Å². The van der Waals surface area contributed by atoms with Crippen LogP contribution in [-0.2, 0) is 98.8 Å². The summed E-state index contributed by atoms with van der Waals surface area (Å²) in [6.45, 7) is 3.83. The van der Waals surface area contributed by atoms with Gasteiger partial charge < -0.3 is 24.0 Å². The maximum Gasteiger partial charge on any atom is 0.410 e. The predicted octanol–water partition coefficient (Wildman–Crippen LogP) is 11.7. The second-order valence-corrected chi connectivity index (χ2v) is 36.6. The standard InChI is InChI=1S/C41H53N3O9S.C41H53N3O8S/c1-27-11-6-5-8-12-28-14-10-15-30-23-43(25-34(28)30)40(49)53-32-20-35-36(45)22-41(39(48)42-54(50,51)33-17-18-33)21-31(41)16-9-4-2-3-7-13-29(19-37(46)52-26-27)38(47)44(35)24-32;45-32-18-11-7-2-1-4-8-13-28-15-12-16-30-25-43(27-35(28)30)40(49)52-33-22-36-37(46)24-41(39(48)42-53(50,51)34-19-20-34)23-31(41)17-10-6-3-5-9-14-29(21-32)38(47)44(36)26-33/h8-10,12,14-16,27,29,31-33,35H,2-7,11,13,17-26H2,1H3,(H,42,48);8,10,12-13,15-17,29,31,33-34,36H,1-7,9,11,14,18-27H2,(H,42,48)/b12-8+,16-9-;13-8+,17-10-/t27-,29+,31+,32+,35-,41+;29-,31-,33-,36+,41-/m01/s1. The van der Waals surface area contributed by atoms with Crippen LogP contribution in [0.15, 0.2) is 72.9 Å². The molecule has 10 bridgehead atoms. The van der Waals surface area contributed by atoms with E-state index in [4.69, 9.17) is 14.2 Å². The zero-order chi connectivity index (χ0) is 75.2. The van der Waals surface area contributed by atoms with E-state index in [9.17, 15) is 64.8 Å². The lowest BCUT2D eigenvalue weighted by Crippen LogP contribution is -2.46. The van der Waals surface area contributed by atoms with Crippen molar-refractivity contribution in [2.75, 3.05) is 19.7 Å². The van der Waals surface area contributed by atoms with Crippen molar-refractivity contribution >= 4 is 91.3 Å². The molecule has 0 aromatic heterocycles. The van der Waals surface area contributed by atoms with E-state index < -0.39 is 107 Å². The molecular formula is C82H106N6O17S2. The zero-order valence-corrected chi connectivity index (χ0v) is 63.5. The monoisotopic (exact) mass is 1510 g/mol. The molecule has 0 unspecified atom stereocenters. The Morgan fingerprint density at radius 3 is 1.44 bits per heavy atom. The first-order valence-corrected chi connectivity index (χ1v) is 42.8. The van der Waals surface area contributed by atoms with Crippen LogP contribution < -0.4 is 9.44 Å². The lowest BCUT2D eigenvalue weighted by atomic mass is 9.90. The molecule has 2 saturated heterocycles. The first-order valence-electron chi connectivity index (χ1n) is 39.7. The third kappa shape index (κ3) is 18.7. The van der Waals surface area contributed by atoms with Crippen molar-refractivity contribution in [2.45, 2.75) is 267 Å². The molecule has 578 valence electrons. The predicted molar refractivity (Wildman–Crippen MR) is 398 cm³/mol. The van der Waals surface area contributed by atoms with E-state index in [0.29, 0.717) is 90.4 Å². The van der Waals surface area contributed by atoms with Gasteiger partial charge in [-0.1, -0.05) is 130 Å². The van der Waals surface area contributed by atoms with E-state index in [1.165, 1.54) is 9.80 Å². The van der Waals surface area contributed by atoms with E-state index in [1.54, 1.807) is 9.80 Å². The molecule has 2 aromatic rings. The highest BCUT2D eigenvalue weighted by atomic mass is 32.2. The van der Waals surface area contributed by atoms with Gasteiger partial charge in [0.25, 0.3) is 0 Å². The van der Waals surface area contributed by atoms with Crippen LogP contribution in [0.1, 0.15) is 239 Å². The molecule has 4 saturated carbocycles. The highest BCUT2D eigenvalue weighted by molar-refractivity contribution is 7.91. The number of ketones is 3.